The van der Waals surface area contributed by atoms with Crippen molar-refractivity contribution in [3.63, 3.8) is 0 Å². The Kier molecular flexibility index (Phi) is 4.33. The van der Waals surface area contributed by atoms with E-state index in [-0.39, 0.29) is 20.6 Å². The number of halogens is 2. The molecule has 0 aliphatic rings. The van der Waals surface area contributed by atoms with Crippen molar-refractivity contribution in [1.82, 2.24) is 5.16 Å². The third-order valence-corrected chi connectivity index (χ3v) is 5.48. The van der Waals surface area contributed by atoms with E-state index in [1.807, 2.05) is 0 Å². The Bertz CT molecular complexity index is 1030. The standard InChI is InChI=1S/C15H12Cl2N2O4S/c1-8-10-6-12(14(22-2)7-13(10)23-18-8)19-24(20,21)15-5-9(16)3-4-11(15)17/h3-7,19H,1-2H3. The topological polar surface area (TPSA) is 81.4 Å². The van der Waals surface area contributed by atoms with E-state index in [0.29, 0.717) is 22.4 Å². The average molecular weight is 387 g/mol. The van der Waals surface area contributed by atoms with Gasteiger partial charge in [0.05, 0.1) is 23.5 Å². The highest BCUT2D eigenvalue weighted by atomic mass is 35.5. The van der Waals surface area contributed by atoms with Crippen molar-refractivity contribution in [3.8, 4) is 5.75 Å². The average Bonchev–Trinajstić information content (AvgIpc) is 2.89. The molecule has 24 heavy (non-hydrogen) atoms. The van der Waals surface area contributed by atoms with Gasteiger partial charge in [0.15, 0.2) is 5.58 Å². The van der Waals surface area contributed by atoms with Crippen molar-refractivity contribution in [2.45, 2.75) is 11.8 Å². The van der Waals surface area contributed by atoms with Crippen LogP contribution in [-0.4, -0.2) is 20.7 Å². The maximum Gasteiger partial charge on any atom is 0.263 e. The van der Waals surface area contributed by atoms with E-state index >= 15 is 0 Å². The Labute approximate surface area is 148 Å². The second kappa shape index (κ2) is 6.16. The van der Waals surface area contributed by atoms with Crippen LogP contribution < -0.4 is 9.46 Å². The van der Waals surface area contributed by atoms with Gasteiger partial charge in [0, 0.05) is 16.5 Å². The minimum Gasteiger partial charge on any atom is -0.494 e. The molecule has 0 saturated carbocycles. The molecular weight excluding hydrogens is 375 g/mol. The number of fused-ring (bicyclic) bond motifs is 1. The predicted octanol–water partition coefficient (Wildman–Crippen LogP) is 4.25. The van der Waals surface area contributed by atoms with Crippen molar-refractivity contribution in [2.75, 3.05) is 11.8 Å². The molecule has 0 fully saturated rings. The summed E-state index contributed by atoms with van der Waals surface area (Å²) >= 11 is 11.9. The first-order valence-electron chi connectivity index (χ1n) is 6.73. The molecule has 1 N–H and O–H groups in total. The number of sulfonamides is 1. The smallest absolute Gasteiger partial charge is 0.263 e. The monoisotopic (exact) mass is 386 g/mol. The number of aromatic nitrogens is 1. The van der Waals surface area contributed by atoms with E-state index in [1.54, 1.807) is 19.1 Å². The summed E-state index contributed by atoms with van der Waals surface area (Å²) in [6.07, 6.45) is 0. The van der Waals surface area contributed by atoms with Gasteiger partial charge >= 0.3 is 0 Å². The number of hydrogen-bond donors (Lipinski definition) is 1. The lowest BCUT2D eigenvalue weighted by molar-refractivity contribution is 0.413. The highest BCUT2D eigenvalue weighted by Crippen LogP contribution is 2.34. The van der Waals surface area contributed by atoms with E-state index in [9.17, 15) is 8.42 Å². The Morgan fingerprint density at radius 3 is 2.67 bits per heavy atom. The molecule has 0 radical (unpaired) electrons. The highest BCUT2D eigenvalue weighted by Gasteiger charge is 2.21. The molecular formula is C15H12Cl2N2O4S. The normalized spacial score (nSPS) is 11.7. The zero-order valence-corrected chi connectivity index (χ0v) is 15.0. The molecule has 2 aromatic carbocycles. The number of nitrogens with zero attached hydrogens (tertiary/aromatic N) is 1. The van der Waals surface area contributed by atoms with E-state index in [2.05, 4.69) is 9.88 Å². The summed E-state index contributed by atoms with van der Waals surface area (Å²) in [5, 5.41) is 4.84. The first kappa shape index (κ1) is 16.9. The highest BCUT2D eigenvalue weighted by molar-refractivity contribution is 7.92. The summed E-state index contributed by atoms with van der Waals surface area (Å²) in [4.78, 5) is -0.124. The van der Waals surface area contributed by atoms with E-state index in [0.717, 1.165) is 0 Å². The maximum atomic E-state index is 12.7. The number of rotatable bonds is 4. The van der Waals surface area contributed by atoms with Crippen LogP contribution in [0.15, 0.2) is 39.8 Å². The summed E-state index contributed by atoms with van der Waals surface area (Å²) in [7, 11) is -2.54. The fourth-order valence-corrected chi connectivity index (χ4v) is 4.04. The summed E-state index contributed by atoms with van der Waals surface area (Å²) in [5.74, 6) is 0.292. The molecule has 3 rings (SSSR count). The Morgan fingerprint density at radius 2 is 1.96 bits per heavy atom. The molecule has 0 spiro atoms. The maximum absolute atomic E-state index is 12.7. The van der Waals surface area contributed by atoms with Gasteiger partial charge in [-0.15, -0.1) is 0 Å². The van der Waals surface area contributed by atoms with Crippen LogP contribution in [0.4, 0.5) is 5.69 Å². The van der Waals surface area contributed by atoms with Crippen molar-refractivity contribution in [3.05, 3.63) is 46.1 Å². The zero-order valence-electron chi connectivity index (χ0n) is 12.6. The largest absolute Gasteiger partial charge is 0.494 e. The van der Waals surface area contributed by atoms with Gasteiger partial charge in [-0.25, -0.2) is 8.42 Å². The first-order valence-corrected chi connectivity index (χ1v) is 8.97. The molecule has 0 aliphatic heterocycles. The fourth-order valence-electron chi connectivity index (χ4n) is 2.22. The molecule has 126 valence electrons. The molecule has 1 aromatic heterocycles. The number of anilines is 1. The summed E-state index contributed by atoms with van der Waals surface area (Å²) < 4.78 is 38.1. The molecule has 6 nitrogen and oxygen atoms in total. The van der Waals surface area contributed by atoms with Crippen LogP contribution in [-0.2, 0) is 10.0 Å². The molecule has 0 aliphatic carbocycles. The van der Waals surface area contributed by atoms with E-state index in [4.69, 9.17) is 32.5 Å². The van der Waals surface area contributed by atoms with Gasteiger partial charge in [0.1, 0.15) is 10.6 Å². The van der Waals surface area contributed by atoms with Crippen LogP contribution in [0, 0.1) is 6.92 Å². The Hall–Kier alpha value is -1.96. The Balaban J connectivity index is 2.10. The predicted molar refractivity (Wildman–Crippen MR) is 92.6 cm³/mol. The second-order valence-electron chi connectivity index (χ2n) is 5.00. The van der Waals surface area contributed by atoms with Gasteiger partial charge in [-0.3, -0.25) is 4.72 Å². The lowest BCUT2D eigenvalue weighted by atomic mass is 10.2. The summed E-state index contributed by atoms with van der Waals surface area (Å²) in [6, 6.07) is 7.36. The minimum absolute atomic E-state index is 0.0631. The zero-order chi connectivity index (χ0) is 17.5. The van der Waals surface area contributed by atoms with Crippen LogP contribution in [0.5, 0.6) is 5.75 Å². The number of methoxy groups -OCH3 is 1. The summed E-state index contributed by atoms with van der Waals surface area (Å²) in [5.41, 5.74) is 1.37. The Morgan fingerprint density at radius 1 is 1.21 bits per heavy atom. The SMILES string of the molecule is COc1cc2onc(C)c2cc1NS(=O)(=O)c1cc(Cl)ccc1Cl. The van der Waals surface area contributed by atoms with Crippen molar-refractivity contribution >= 4 is 49.9 Å². The summed E-state index contributed by atoms with van der Waals surface area (Å²) in [6.45, 7) is 1.75. The van der Waals surface area contributed by atoms with E-state index < -0.39 is 10.0 Å². The third-order valence-electron chi connectivity index (χ3n) is 3.40. The lowest BCUT2D eigenvalue weighted by Crippen LogP contribution is -2.14. The molecule has 1 heterocycles. The van der Waals surface area contributed by atoms with Crippen LogP contribution in [0.1, 0.15) is 5.69 Å². The second-order valence-corrected chi connectivity index (χ2v) is 7.49. The van der Waals surface area contributed by atoms with Gasteiger partial charge in [-0.2, -0.15) is 0 Å². The lowest BCUT2D eigenvalue weighted by Gasteiger charge is -2.13. The van der Waals surface area contributed by atoms with Gasteiger partial charge in [0.25, 0.3) is 10.0 Å². The van der Waals surface area contributed by atoms with Gasteiger partial charge in [0.2, 0.25) is 0 Å². The molecule has 3 aromatic rings. The van der Waals surface area contributed by atoms with Gasteiger partial charge < -0.3 is 9.26 Å². The first-order chi connectivity index (χ1) is 11.3. The van der Waals surface area contributed by atoms with Crippen LogP contribution in [0.25, 0.3) is 11.0 Å². The van der Waals surface area contributed by atoms with Crippen molar-refractivity contribution < 1.29 is 17.7 Å². The van der Waals surface area contributed by atoms with Crippen molar-refractivity contribution in [1.29, 1.82) is 0 Å². The molecule has 0 amide bonds. The third kappa shape index (κ3) is 3.02. The number of ether oxygens (including phenoxy) is 1. The number of aryl methyl sites for hydroxylation is 1. The number of benzene rings is 2. The minimum atomic E-state index is -3.96. The van der Waals surface area contributed by atoms with Gasteiger partial charge in [-0.1, -0.05) is 28.4 Å². The molecule has 0 unspecified atom stereocenters. The molecule has 0 atom stereocenters. The molecule has 0 saturated heterocycles. The fraction of sp³-hybridized carbons (Fsp3) is 0.133. The molecule has 0 bridgehead atoms. The number of hydrogen-bond acceptors (Lipinski definition) is 5. The quantitative estimate of drug-likeness (QED) is 0.724. The van der Waals surface area contributed by atoms with Crippen LogP contribution in [0.3, 0.4) is 0 Å². The molecule has 9 heteroatoms. The van der Waals surface area contributed by atoms with Crippen LogP contribution >= 0.6 is 23.2 Å². The number of nitrogens with one attached hydrogen (secondary N) is 1. The van der Waals surface area contributed by atoms with Crippen LogP contribution in [0.2, 0.25) is 10.0 Å². The van der Waals surface area contributed by atoms with E-state index in [1.165, 1.54) is 25.3 Å². The van der Waals surface area contributed by atoms with Gasteiger partial charge in [-0.05, 0) is 31.2 Å². The van der Waals surface area contributed by atoms with Crippen molar-refractivity contribution in [2.24, 2.45) is 0 Å².